The zero-order chi connectivity index (χ0) is 20.7. The van der Waals surface area contributed by atoms with Gasteiger partial charge in [-0.15, -0.1) is 0 Å². The average Bonchev–Trinajstić information content (AvgIpc) is 3.23. The minimum atomic E-state index is -0.219. The number of nitrogens with one attached hydrogen (secondary N) is 1. The Morgan fingerprint density at radius 2 is 1.80 bits per heavy atom. The summed E-state index contributed by atoms with van der Waals surface area (Å²) in [6.45, 7) is 2.31. The van der Waals surface area contributed by atoms with E-state index < -0.39 is 0 Å². The molecule has 0 aromatic heterocycles. The topological polar surface area (TPSA) is 63.1 Å². The molecule has 5 rings (SSSR count). The van der Waals surface area contributed by atoms with E-state index in [-0.39, 0.29) is 24.8 Å². The van der Waals surface area contributed by atoms with Crippen molar-refractivity contribution < 1.29 is 14.6 Å². The first-order chi connectivity index (χ1) is 14.6. The predicted molar refractivity (Wildman–Crippen MR) is 119 cm³/mol. The number of halogens is 1. The van der Waals surface area contributed by atoms with E-state index in [0.29, 0.717) is 6.42 Å². The second-order valence-electron chi connectivity index (χ2n) is 7.58. The van der Waals surface area contributed by atoms with Gasteiger partial charge in [-0.3, -0.25) is 10.3 Å². The third-order valence-electron chi connectivity index (χ3n) is 5.51. The number of hydrogen-bond acceptors (Lipinski definition) is 5. The van der Waals surface area contributed by atoms with Crippen molar-refractivity contribution in [3.05, 3.63) is 87.4 Å². The van der Waals surface area contributed by atoms with Crippen LogP contribution in [0.5, 0.6) is 17.2 Å². The number of nitrogens with zero attached hydrogens (tertiary/aromatic N) is 1. The van der Waals surface area contributed by atoms with Crippen molar-refractivity contribution in [3.63, 3.8) is 0 Å². The summed E-state index contributed by atoms with van der Waals surface area (Å²) in [5.74, 6) is 1.76. The highest BCUT2D eigenvalue weighted by atomic mass is 79.9. The number of benzene rings is 3. The molecule has 5 nitrogen and oxygen atoms in total. The quantitative estimate of drug-likeness (QED) is 0.543. The van der Waals surface area contributed by atoms with Gasteiger partial charge in [0.05, 0.1) is 0 Å². The molecule has 0 spiro atoms. The minimum absolute atomic E-state index is 0.0910. The number of aliphatic imine (C=N–C) groups is 1. The molecule has 0 saturated carbocycles. The highest BCUT2D eigenvalue weighted by Gasteiger charge is 2.28. The van der Waals surface area contributed by atoms with E-state index in [4.69, 9.17) is 14.5 Å². The highest BCUT2D eigenvalue weighted by Crippen LogP contribution is 2.38. The van der Waals surface area contributed by atoms with Crippen molar-refractivity contribution in [3.8, 4) is 17.2 Å². The van der Waals surface area contributed by atoms with Crippen LogP contribution in [0.3, 0.4) is 0 Å². The Kier molecular flexibility index (Phi) is 4.97. The van der Waals surface area contributed by atoms with Crippen LogP contribution in [0.15, 0.2) is 70.1 Å². The molecule has 2 N–H and O–H groups in total. The second kappa shape index (κ2) is 7.78. The van der Waals surface area contributed by atoms with Crippen molar-refractivity contribution in [1.82, 2.24) is 5.32 Å². The molecule has 3 aromatic rings. The first-order valence-electron chi connectivity index (χ1n) is 9.84. The largest absolute Gasteiger partial charge is 0.508 e. The standard InChI is InChI=1S/C24H21BrN2O3/c1-14-2-4-15(5-3-14)24-26-19(16-6-9-22-23(10-16)30-13-29-22)12-20(27-24)18-11-17(25)7-8-21(18)28/h2-11,20,24,27-28H,12-13H2,1H3/t20-,24+/m0/s1. The first kappa shape index (κ1) is 19.2. The predicted octanol–water partition coefficient (Wildman–Crippen LogP) is 5.41. The summed E-state index contributed by atoms with van der Waals surface area (Å²) in [5.41, 5.74) is 5.09. The number of ether oxygens (including phenoxy) is 2. The van der Waals surface area contributed by atoms with Crippen LogP contribution in [-0.4, -0.2) is 17.6 Å². The van der Waals surface area contributed by atoms with Crippen LogP contribution in [-0.2, 0) is 0 Å². The Morgan fingerprint density at radius 1 is 1.00 bits per heavy atom. The lowest BCUT2D eigenvalue weighted by molar-refractivity contribution is 0.174. The molecule has 6 heteroatoms. The van der Waals surface area contributed by atoms with Gasteiger partial charge in [-0.05, 0) is 54.4 Å². The van der Waals surface area contributed by atoms with Crippen molar-refractivity contribution in [2.45, 2.75) is 25.6 Å². The van der Waals surface area contributed by atoms with E-state index in [1.165, 1.54) is 5.56 Å². The van der Waals surface area contributed by atoms with E-state index in [1.54, 1.807) is 6.07 Å². The zero-order valence-corrected chi connectivity index (χ0v) is 18.0. The SMILES string of the molecule is Cc1ccc([C@@H]2N=C(c3ccc4c(c3)OCO4)C[C@@H](c3cc(Br)ccc3O)N2)cc1. The summed E-state index contributed by atoms with van der Waals surface area (Å²) in [6, 6.07) is 19.7. The number of phenols is 1. The van der Waals surface area contributed by atoms with Crippen LogP contribution in [0.4, 0.5) is 0 Å². The average molecular weight is 465 g/mol. The Balaban J connectivity index is 1.56. The van der Waals surface area contributed by atoms with E-state index in [9.17, 15) is 5.11 Å². The molecule has 0 unspecified atom stereocenters. The van der Waals surface area contributed by atoms with E-state index in [0.717, 1.165) is 38.4 Å². The van der Waals surface area contributed by atoms with Crippen LogP contribution in [0.25, 0.3) is 0 Å². The third kappa shape index (κ3) is 3.68. The van der Waals surface area contributed by atoms with Crippen LogP contribution in [0, 0.1) is 6.92 Å². The van der Waals surface area contributed by atoms with E-state index in [2.05, 4.69) is 52.4 Å². The molecule has 2 heterocycles. The van der Waals surface area contributed by atoms with Crippen molar-refractivity contribution in [2.75, 3.05) is 6.79 Å². The molecule has 0 saturated heterocycles. The lowest BCUT2D eigenvalue weighted by Gasteiger charge is -2.31. The van der Waals surface area contributed by atoms with Gasteiger partial charge in [-0.25, -0.2) is 0 Å². The van der Waals surface area contributed by atoms with Gasteiger partial charge in [-0.1, -0.05) is 45.8 Å². The summed E-state index contributed by atoms with van der Waals surface area (Å²) >= 11 is 3.53. The molecule has 2 aliphatic heterocycles. The van der Waals surface area contributed by atoms with Gasteiger partial charge in [0.1, 0.15) is 11.9 Å². The molecule has 2 atom stereocenters. The summed E-state index contributed by atoms with van der Waals surface area (Å²) in [6.07, 6.45) is 0.426. The van der Waals surface area contributed by atoms with Crippen LogP contribution in [0.2, 0.25) is 0 Å². The Bertz CT molecular complexity index is 1130. The molecule has 2 aliphatic rings. The van der Waals surface area contributed by atoms with Gasteiger partial charge < -0.3 is 14.6 Å². The molecule has 0 bridgehead atoms. The number of hydrogen-bond donors (Lipinski definition) is 2. The fraction of sp³-hybridized carbons (Fsp3) is 0.208. The number of phenolic OH excluding ortho intramolecular Hbond substituents is 1. The Hall–Kier alpha value is -2.83. The van der Waals surface area contributed by atoms with Gasteiger partial charge in [0.2, 0.25) is 6.79 Å². The smallest absolute Gasteiger partial charge is 0.231 e. The van der Waals surface area contributed by atoms with Crippen LogP contribution < -0.4 is 14.8 Å². The Labute approximate surface area is 183 Å². The van der Waals surface area contributed by atoms with Crippen molar-refractivity contribution >= 4 is 21.6 Å². The first-order valence-corrected chi connectivity index (χ1v) is 10.6. The maximum atomic E-state index is 10.5. The molecule has 0 amide bonds. The molecule has 30 heavy (non-hydrogen) atoms. The van der Waals surface area contributed by atoms with Crippen LogP contribution >= 0.6 is 15.9 Å². The fourth-order valence-corrected chi connectivity index (χ4v) is 4.26. The summed E-state index contributed by atoms with van der Waals surface area (Å²) < 4.78 is 11.9. The molecule has 0 aliphatic carbocycles. The molecular weight excluding hydrogens is 444 g/mol. The Morgan fingerprint density at radius 3 is 2.63 bits per heavy atom. The monoisotopic (exact) mass is 464 g/mol. The number of fused-ring (bicyclic) bond motifs is 1. The lowest BCUT2D eigenvalue weighted by Crippen LogP contribution is -2.33. The fourth-order valence-electron chi connectivity index (χ4n) is 3.88. The normalized spacial score (nSPS) is 20.1. The summed E-state index contributed by atoms with van der Waals surface area (Å²) in [5, 5.41) is 14.1. The maximum absolute atomic E-state index is 10.5. The highest BCUT2D eigenvalue weighted by molar-refractivity contribution is 9.10. The molecule has 0 fully saturated rings. The molecule has 152 valence electrons. The number of aryl methyl sites for hydroxylation is 1. The van der Waals surface area contributed by atoms with Crippen LogP contribution in [0.1, 0.15) is 40.9 Å². The summed E-state index contributed by atoms with van der Waals surface area (Å²) in [4.78, 5) is 5.02. The number of aromatic hydroxyl groups is 1. The zero-order valence-electron chi connectivity index (χ0n) is 16.4. The molecular formula is C24H21BrN2O3. The van der Waals surface area contributed by atoms with Gasteiger partial charge in [-0.2, -0.15) is 0 Å². The van der Waals surface area contributed by atoms with Gasteiger partial charge in [0.15, 0.2) is 11.5 Å². The second-order valence-corrected chi connectivity index (χ2v) is 8.50. The molecule has 3 aromatic carbocycles. The van der Waals surface area contributed by atoms with E-state index >= 15 is 0 Å². The van der Waals surface area contributed by atoms with E-state index in [1.807, 2.05) is 30.3 Å². The van der Waals surface area contributed by atoms with Crippen molar-refractivity contribution in [1.29, 1.82) is 0 Å². The molecule has 0 radical (unpaired) electrons. The van der Waals surface area contributed by atoms with Gasteiger partial charge in [0, 0.05) is 28.2 Å². The third-order valence-corrected chi connectivity index (χ3v) is 6.00. The summed E-state index contributed by atoms with van der Waals surface area (Å²) in [7, 11) is 0. The van der Waals surface area contributed by atoms with Crippen molar-refractivity contribution in [2.24, 2.45) is 4.99 Å². The number of rotatable bonds is 3. The maximum Gasteiger partial charge on any atom is 0.231 e. The van der Waals surface area contributed by atoms with Gasteiger partial charge >= 0.3 is 0 Å². The lowest BCUT2D eigenvalue weighted by atomic mass is 9.93. The minimum Gasteiger partial charge on any atom is -0.508 e. The van der Waals surface area contributed by atoms with Gasteiger partial charge in [0.25, 0.3) is 0 Å².